The van der Waals surface area contributed by atoms with Gasteiger partial charge < -0.3 is 5.11 Å². The molecule has 0 aliphatic carbocycles. The van der Waals surface area contributed by atoms with Crippen LogP contribution >= 0.6 is 0 Å². The Bertz CT molecular complexity index is 409. The molecule has 0 aromatic heterocycles. The highest BCUT2D eigenvalue weighted by molar-refractivity contribution is 7.86. The molecular formula is C22H46O4S. The minimum Gasteiger partial charge on any atom is -0.393 e. The zero-order valence-corrected chi connectivity index (χ0v) is 18.8. The maximum Gasteiger partial charge on any atom is 0.267 e. The number of hydrogen-bond acceptors (Lipinski definition) is 3. The molecule has 0 amide bonds. The van der Waals surface area contributed by atoms with Crippen molar-refractivity contribution >= 4 is 10.1 Å². The van der Waals surface area contributed by atoms with Gasteiger partial charge >= 0.3 is 0 Å². The molecule has 5 heteroatoms. The number of rotatable bonds is 20. The van der Waals surface area contributed by atoms with Crippen LogP contribution in [0.3, 0.4) is 0 Å². The van der Waals surface area contributed by atoms with Crippen LogP contribution in [-0.2, 0) is 10.1 Å². The second kappa shape index (κ2) is 17.9. The fraction of sp³-hybridized carbons (Fsp3) is 1.00. The van der Waals surface area contributed by atoms with Crippen molar-refractivity contribution in [2.24, 2.45) is 0 Å². The Kier molecular flexibility index (Phi) is 17.8. The number of aliphatic hydroxyl groups excluding tert-OH is 1. The molecule has 0 fully saturated rings. The van der Waals surface area contributed by atoms with E-state index in [0.29, 0.717) is 19.3 Å². The van der Waals surface area contributed by atoms with E-state index in [9.17, 15) is 18.1 Å². The lowest BCUT2D eigenvalue weighted by molar-refractivity contribution is 0.147. The number of unbranched alkanes of at least 4 members (excludes halogenated alkanes) is 12. The molecule has 0 aromatic rings. The monoisotopic (exact) mass is 406 g/mol. The Labute approximate surface area is 169 Å². The van der Waals surface area contributed by atoms with Gasteiger partial charge in [0.05, 0.1) is 11.4 Å². The topological polar surface area (TPSA) is 74.6 Å². The van der Waals surface area contributed by atoms with E-state index < -0.39 is 21.5 Å². The highest BCUT2D eigenvalue weighted by Crippen LogP contribution is 2.20. The van der Waals surface area contributed by atoms with E-state index in [-0.39, 0.29) is 0 Å². The first-order valence-electron chi connectivity index (χ1n) is 11.6. The van der Waals surface area contributed by atoms with E-state index in [1.807, 2.05) is 0 Å². The summed E-state index contributed by atoms with van der Waals surface area (Å²) in [7, 11) is -4.01. The molecule has 0 heterocycles. The molecule has 27 heavy (non-hydrogen) atoms. The Morgan fingerprint density at radius 3 is 1.44 bits per heavy atom. The summed E-state index contributed by atoms with van der Waals surface area (Å²) in [6.45, 7) is 4.41. The second-order valence-corrected chi connectivity index (χ2v) is 9.88. The van der Waals surface area contributed by atoms with Crippen LogP contribution in [0.25, 0.3) is 0 Å². The fourth-order valence-corrected chi connectivity index (χ4v) is 4.53. The normalized spacial score (nSPS) is 14.4. The van der Waals surface area contributed by atoms with Gasteiger partial charge in [-0.1, -0.05) is 104 Å². The highest BCUT2D eigenvalue weighted by Gasteiger charge is 2.23. The predicted octanol–water partition coefficient (Wildman–Crippen LogP) is 6.67. The van der Waals surface area contributed by atoms with Gasteiger partial charge in [-0.2, -0.15) is 8.42 Å². The molecule has 2 atom stereocenters. The van der Waals surface area contributed by atoms with Gasteiger partial charge in [-0.15, -0.1) is 0 Å². The summed E-state index contributed by atoms with van der Waals surface area (Å²) >= 11 is 0. The van der Waals surface area contributed by atoms with Gasteiger partial charge in [-0.3, -0.25) is 4.55 Å². The molecule has 2 N–H and O–H groups in total. The molecule has 0 saturated heterocycles. The van der Waals surface area contributed by atoms with Crippen LogP contribution in [0, 0.1) is 0 Å². The van der Waals surface area contributed by atoms with Crippen molar-refractivity contribution in [3.05, 3.63) is 0 Å². The number of aliphatic hydroxyl groups is 1. The van der Waals surface area contributed by atoms with Gasteiger partial charge in [0, 0.05) is 0 Å². The molecule has 0 bridgehead atoms. The second-order valence-electron chi connectivity index (χ2n) is 8.19. The van der Waals surface area contributed by atoms with Crippen molar-refractivity contribution in [1.82, 2.24) is 0 Å². The van der Waals surface area contributed by atoms with Crippen molar-refractivity contribution in [2.75, 3.05) is 0 Å². The fourth-order valence-electron chi connectivity index (χ4n) is 3.63. The molecule has 0 saturated carbocycles. The van der Waals surface area contributed by atoms with Crippen molar-refractivity contribution in [2.45, 2.75) is 141 Å². The third-order valence-corrected chi connectivity index (χ3v) is 6.83. The third kappa shape index (κ3) is 17.7. The van der Waals surface area contributed by atoms with E-state index in [2.05, 4.69) is 13.8 Å². The van der Waals surface area contributed by atoms with Crippen molar-refractivity contribution in [1.29, 1.82) is 0 Å². The summed E-state index contributed by atoms with van der Waals surface area (Å²) in [6.07, 6.45) is 18.1. The van der Waals surface area contributed by atoms with E-state index >= 15 is 0 Å². The van der Waals surface area contributed by atoms with Gasteiger partial charge in [0.2, 0.25) is 0 Å². The Balaban J connectivity index is 3.87. The van der Waals surface area contributed by atoms with Gasteiger partial charge in [0.15, 0.2) is 0 Å². The molecular weight excluding hydrogens is 360 g/mol. The predicted molar refractivity (Wildman–Crippen MR) is 116 cm³/mol. The van der Waals surface area contributed by atoms with Crippen LogP contribution in [0.4, 0.5) is 0 Å². The lowest BCUT2D eigenvalue weighted by Gasteiger charge is -2.16. The molecule has 164 valence electrons. The van der Waals surface area contributed by atoms with Gasteiger partial charge in [0.25, 0.3) is 10.1 Å². The molecule has 0 spiro atoms. The SMILES string of the molecule is CCCCCCCCCCC(CCC(O)CCCCCCCC)S(=O)(=O)O. The largest absolute Gasteiger partial charge is 0.393 e. The Hall–Kier alpha value is -0.130. The van der Waals surface area contributed by atoms with E-state index in [0.717, 1.165) is 38.5 Å². The van der Waals surface area contributed by atoms with Crippen LogP contribution in [0.2, 0.25) is 0 Å². The van der Waals surface area contributed by atoms with Crippen molar-refractivity contribution in [3.63, 3.8) is 0 Å². The van der Waals surface area contributed by atoms with E-state index in [4.69, 9.17) is 0 Å². The highest BCUT2D eigenvalue weighted by atomic mass is 32.2. The van der Waals surface area contributed by atoms with Crippen LogP contribution in [0.5, 0.6) is 0 Å². The zero-order chi connectivity index (χ0) is 20.4. The average molecular weight is 407 g/mol. The van der Waals surface area contributed by atoms with Gasteiger partial charge in [-0.05, 0) is 25.7 Å². The Morgan fingerprint density at radius 2 is 1.00 bits per heavy atom. The summed E-state index contributed by atoms with van der Waals surface area (Å²) in [5.74, 6) is 0. The summed E-state index contributed by atoms with van der Waals surface area (Å²) in [5, 5.41) is 9.39. The van der Waals surface area contributed by atoms with Crippen LogP contribution < -0.4 is 0 Å². The van der Waals surface area contributed by atoms with Crippen LogP contribution in [-0.4, -0.2) is 29.4 Å². The van der Waals surface area contributed by atoms with Gasteiger partial charge in [0.1, 0.15) is 0 Å². The van der Waals surface area contributed by atoms with Crippen molar-refractivity contribution in [3.8, 4) is 0 Å². The third-order valence-electron chi connectivity index (χ3n) is 5.51. The standard InChI is InChI=1S/C22H46O4S/c1-3-5-7-9-11-12-14-16-18-22(27(24,25)26)20-19-21(23)17-15-13-10-8-6-4-2/h21-23H,3-20H2,1-2H3,(H,24,25,26). The lowest BCUT2D eigenvalue weighted by atomic mass is 10.0. The maximum atomic E-state index is 11.6. The summed E-state index contributed by atoms with van der Waals surface area (Å²) in [4.78, 5) is 0. The first-order chi connectivity index (χ1) is 12.9. The molecule has 0 radical (unpaired) electrons. The molecule has 2 unspecified atom stereocenters. The molecule has 0 aromatic carbocycles. The first-order valence-corrected chi connectivity index (χ1v) is 13.1. The number of hydrogen-bond donors (Lipinski definition) is 2. The summed E-state index contributed by atoms with van der Waals surface area (Å²) in [6, 6.07) is 0. The van der Waals surface area contributed by atoms with Crippen LogP contribution in [0.1, 0.15) is 129 Å². The minimum absolute atomic E-state index is 0.367. The minimum atomic E-state index is -4.01. The Morgan fingerprint density at radius 1 is 0.593 bits per heavy atom. The maximum absolute atomic E-state index is 11.6. The van der Waals surface area contributed by atoms with E-state index in [1.54, 1.807) is 0 Å². The quantitative estimate of drug-likeness (QED) is 0.175. The first kappa shape index (κ1) is 26.9. The summed E-state index contributed by atoms with van der Waals surface area (Å²) in [5.41, 5.74) is 0. The molecule has 4 nitrogen and oxygen atoms in total. The summed E-state index contributed by atoms with van der Waals surface area (Å²) < 4.78 is 32.7. The molecule has 0 aliphatic heterocycles. The molecule has 0 rings (SSSR count). The zero-order valence-electron chi connectivity index (χ0n) is 18.0. The lowest BCUT2D eigenvalue weighted by Crippen LogP contribution is -2.22. The van der Waals surface area contributed by atoms with Gasteiger partial charge in [-0.25, -0.2) is 0 Å². The van der Waals surface area contributed by atoms with Crippen LogP contribution in [0.15, 0.2) is 0 Å². The smallest absolute Gasteiger partial charge is 0.267 e. The van der Waals surface area contributed by atoms with E-state index in [1.165, 1.54) is 57.8 Å². The average Bonchev–Trinajstić information content (AvgIpc) is 2.61. The van der Waals surface area contributed by atoms with Crippen molar-refractivity contribution < 1.29 is 18.1 Å². The molecule has 0 aliphatic rings.